The maximum Gasteiger partial charge on any atom is 0.266 e. The molecule has 0 saturated carbocycles. The van der Waals surface area contributed by atoms with E-state index >= 15 is 0 Å². The Morgan fingerprint density at radius 2 is 1.49 bits per heavy atom. The van der Waals surface area contributed by atoms with E-state index in [0.717, 1.165) is 21.9 Å². The summed E-state index contributed by atoms with van der Waals surface area (Å²) in [7, 11) is 0. The standard InChI is InChI=1S/C34H24ClFN2O3/c35-27-10-5-23(6-11-27)21-40-30-16-14-29(15-17-30)38-34(39)26(20-37)19-32-31-4-2-1-3-25(31)9-18-33(32)41-22-24-7-12-28(36)13-8-24/h1-19H,21-22H2,(H,38,39)/b26-19+. The first-order valence-corrected chi connectivity index (χ1v) is 13.2. The number of ether oxygens (including phenoxy) is 2. The molecule has 0 aliphatic carbocycles. The van der Waals surface area contributed by atoms with Gasteiger partial charge in [-0.15, -0.1) is 0 Å². The van der Waals surface area contributed by atoms with Gasteiger partial charge in [0.15, 0.2) is 0 Å². The van der Waals surface area contributed by atoms with Gasteiger partial charge in [-0.25, -0.2) is 4.39 Å². The van der Waals surface area contributed by atoms with Crippen LogP contribution in [-0.2, 0) is 18.0 Å². The first-order valence-electron chi connectivity index (χ1n) is 12.8. The Bertz CT molecular complexity index is 1740. The van der Waals surface area contributed by atoms with E-state index in [1.54, 1.807) is 54.6 Å². The van der Waals surface area contributed by atoms with Crippen LogP contribution in [0.2, 0.25) is 5.02 Å². The molecule has 5 nitrogen and oxygen atoms in total. The Balaban J connectivity index is 1.33. The molecular formula is C34H24ClFN2O3. The van der Waals surface area contributed by atoms with Crippen molar-refractivity contribution in [2.45, 2.75) is 13.2 Å². The summed E-state index contributed by atoms with van der Waals surface area (Å²) in [6.45, 7) is 0.570. The predicted octanol–water partition coefficient (Wildman–Crippen LogP) is 8.34. The van der Waals surface area contributed by atoms with E-state index in [4.69, 9.17) is 21.1 Å². The number of nitriles is 1. The molecule has 1 amide bonds. The number of carbonyl (C=O) groups excluding carboxylic acids is 1. The SMILES string of the molecule is N#C/C(=C\c1c(OCc2ccc(F)cc2)ccc2ccccc12)C(=O)Nc1ccc(OCc2ccc(Cl)cc2)cc1. The Morgan fingerprint density at radius 1 is 0.829 bits per heavy atom. The van der Waals surface area contributed by atoms with Crippen molar-refractivity contribution in [3.63, 3.8) is 0 Å². The minimum Gasteiger partial charge on any atom is -0.489 e. The summed E-state index contributed by atoms with van der Waals surface area (Å²) in [5.74, 6) is 0.246. The predicted molar refractivity (Wildman–Crippen MR) is 159 cm³/mol. The van der Waals surface area contributed by atoms with Gasteiger partial charge in [0.05, 0.1) is 0 Å². The number of halogens is 2. The molecule has 0 fully saturated rings. The fraction of sp³-hybridized carbons (Fsp3) is 0.0588. The Hall–Kier alpha value is -5.12. The van der Waals surface area contributed by atoms with Crippen LogP contribution in [0, 0.1) is 17.1 Å². The lowest BCUT2D eigenvalue weighted by atomic mass is 10.0. The number of anilines is 1. The van der Waals surface area contributed by atoms with E-state index in [1.165, 1.54) is 18.2 Å². The third kappa shape index (κ3) is 7.10. The summed E-state index contributed by atoms with van der Waals surface area (Å²) in [5, 5.41) is 15.1. The number of nitrogens with zero attached hydrogens (tertiary/aromatic N) is 1. The van der Waals surface area contributed by atoms with Crippen LogP contribution in [0.3, 0.4) is 0 Å². The zero-order valence-electron chi connectivity index (χ0n) is 21.8. The van der Waals surface area contributed by atoms with Crippen molar-refractivity contribution in [2.24, 2.45) is 0 Å². The number of rotatable bonds is 9. The second-order valence-electron chi connectivity index (χ2n) is 9.18. The molecule has 0 heterocycles. The number of carbonyl (C=O) groups is 1. The van der Waals surface area contributed by atoms with Crippen LogP contribution in [0.5, 0.6) is 11.5 Å². The molecule has 0 spiro atoms. The maximum absolute atomic E-state index is 13.3. The molecule has 1 N–H and O–H groups in total. The summed E-state index contributed by atoms with van der Waals surface area (Å²) in [4.78, 5) is 13.1. The molecule has 5 aromatic rings. The van der Waals surface area contributed by atoms with Gasteiger partial charge < -0.3 is 14.8 Å². The largest absolute Gasteiger partial charge is 0.489 e. The van der Waals surface area contributed by atoms with Crippen molar-refractivity contribution in [1.82, 2.24) is 0 Å². The van der Waals surface area contributed by atoms with Gasteiger partial charge in [0.2, 0.25) is 0 Å². The van der Waals surface area contributed by atoms with Crippen LogP contribution in [0.4, 0.5) is 10.1 Å². The van der Waals surface area contributed by atoms with Gasteiger partial charge >= 0.3 is 0 Å². The fourth-order valence-electron chi connectivity index (χ4n) is 4.17. The zero-order valence-corrected chi connectivity index (χ0v) is 22.6. The van der Waals surface area contributed by atoms with Crippen molar-refractivity contribution in [1.29, 1.82) is 5.26 Å². The summed E-state index contributed by atoms with van der Waals surface area (Å²) in [5.41, 5.74) is 2.79. The van der Waals surface area contributed by atoms with Crippen molar-refractivity contribution < 1.29 is 18.7 Å². The molecular weight excluding hydrogens is 539 g/mol. The van der Waals surface area contributed by atoms with Crippen LogP contribution in [-0.4, -0.2) is 5.91 Å². The molecule has 0 radical (unpaired) electrons. The lowest BCUT2D eigenvalue weighted by Crippen LogP contribution is -2.13. The van der Waals surface area contributed by atoms with Crippen LogP contribution in [0.1, 0.15) is 16.7 Å². The first kappa shape index (κ1) is 27.4. The summed E-state index contributed by atoms with van der Waals surface area (Å²) in [6.07, 6.45) is 1.53. The van der Waals surface area contributed by atoms with E-state index in [1.807, 2.05) is 48.5 Å². The first-order chi connectivity index (χ1) is 20.0. The normalized spacial score (nSPS) is 11.1. The van der Waals surface area contributed by atoms with Crippen molar-refractivity contribution >= 4 is 40.0 Å². The molecule has 0 bridgehead atoms. The van der Waals surface area contributed by atoms with Gasteiger partial charge in [-0.05, 0) is 82.6 Å². The average Bonchev–Trinajstić information content (AvgIpc) is 3.00. The highest BCUT2D eigenvalue weighted by Crippen LogP contribution is 2.31. The molecule has 202 valence electrons. The van der Waals surface area contributed by atoms with Gasteiger partial charge in [0.25, 0.3) is 5.91 Å². The number of amides is 1. The second kappa shape index (κ2) is 12.8. The number of benzene rings is 5. The number of fused-ring (bicyclic) bond motifs is 1. The molecule has 0 aliphatic rings. The maximum atomic E-state index is 13.3. The summed E-state index contributed by atoms with van der Waals surface area (Å²) < 4.78 is 25.2. The minimum absolute atomic E-state index is 0.0870. The Kier molecular flexibility index (Phi) is 8.58. The number of hydrogen-bond acceptors (Lipinski definition) is 4. The number of nitrogens with one attached hydrogen (secondary N) is 1. The van der Waals surface area contributed by atoms with Crippen LogP contribution < -0.4 is 14.8 Å². The van der Waals surface area contributed by atoms with Gasteiger partial charge in [-0.1, -0.05) is 66.2 Å². The van der Waals surface area contributed by atoms with Crippen LogP contribution >= 0.6 is 11.6 Å². The molecule has 0 unspecified atom stereocenters. The molecule has 0 aliphatic heterocycles. The monoisotopic (exact) mass is 562 g/mol. The average molecular weight is 563 g/mol. The van der Waals surface area contributed by atoms with Crippen molar-refractivity contribution in [3.8, 4) is 17.6 Å². The van der Waals surface area contributed by atoms with E-state index in [9.17, 15) is 14.4 Å². The molecule has 41 heavy (non-hydrogen) atoms. The lowest BCUT2D eigenvalue weighted by Gasteiger charge is -2.13. The second-order valence-corrected chi connectivity index (χ2v) is 9.61. The van der Waals surface area contributed by atoms with Gasteiger partial charge in [0, 0.05) is 16.3 Å². The molecule has 0 aromatic heterocycles. The third-order valence-electron chi connectivity index (χ3n) is 6.32. The van der Waals surface area contributed by atoms with E-state index in [-0.39, 0.29) is 18.0 Å². The topological polar surface area (TPSA) is 71.3 Å². The van der Waals surface area contributed by atoms with Crippen molar-refractivity contribution in [2.75, 3.05) is 5.32 Å². The van der Waals surface area contributed by atoms with E-state index < -0.39 is 5.91 Å². The third-order valence-corrected chi connectivity index (χ3v) is 6.57. The highest BCUT2D eigenvalue weighted by atomic mass is 35.5. The van der Waals surface area contributed by atoms with E-state index in [0.29, 0.717) is 34.4 Å². The molecule has 0 atom stereocenters. The highest BCUT2D eigenvalue weighted by Gasteiger charge is 2.14. The van der Waals surface area contributed by atoms with Gasteiger partial charge in [-0.2, -0.15) is 5.26 Å². The molecule has 7 heteroatoms. The molecule has 0 saturated heterocycles. The van der Waals surface area contributed by atoms with Gasteiger partial charge in [0.1, 0.15) is 42.2 Å². The minimum atomic E-state index is -0.556. The smallest absolute Gasteiger partial charge is 0.266 e. The van der Waals surface area contributed by atoms with Crippen LogP contribution in [0.25, 0.3) is 16.8 Å². The summed E-state index contributed by atoms with van der Waals surface area (Å²) in [6, 6.07) is 33.7. The Labute approximate surface area is 242 Å². The Morgan fingerprint density at radius 3 is 2.20 bits per heavy atom. The molecule has 5 rings (SSSR count). The number of hydrogen-bond donors (Lipinski definition) is 1. The van der Waals surface area contributed by atoms with Crippen molar-refractivity contribution in [3.05, 3.63) is 142 Å². The lowest BCUT2D eigenvalue weighted by molar-refractivity contribution is -0.112. The fourth-order valence-corrected chi connectivity index (χ4v) is 4.29. The van der Waals surface area contributed by atoms with Gasteiger partial charge in [-0.3, -0.25) is 4.79 Å². The van der Waals surface area contributed by atoms with Crippen LogP contribution in [0.15, 0.2) is 115 Å². The van der Waals surface area contributed by atoms with E-state index in [2.05, 4.69) is 5.32 Å². The summed E-state index contributed by atoms with van der Waals surface area (Å²) >= 11 is 5.92. The zero-order chi connectivity index (χ0) is 28.6. The quantitative estimate of drug-likeness (QED) is 0.145. The highest BCUT2D eigenvalue weighted by molar-refractivity contribution is 6.30. The molecule has 5 aromatic carbocycles.